The van der Waals surface area contributed by atoms with Crippen LogP contribution in [0, 0.1) is 29.0 Å². The highest BCUT2D eigenvalue weighted by molar-refractivity contribution is 5.53. The number of anilines is 1. The smallest absolute Gasteiger partial charge is 0.147 e. The quantitative estimate of drug-likeness (QED) is 0.766. The van der Waals surface area contributed by atoms with Gasteiger partial charge in [-0.15, -0.1) is 0 Å². The SMILES string of the molecule is N#Cc1ccc(N2CC3C(N)C3C2)c(F)c1. The number of hydrogen-bond acceptors (Lipinski definition) is 3. The first-order valence-electron chi connectivity index (χ1n) is 5.41. The molecule has 82 valence electrons. The molecule has 0 radical (unpaired) electrons. The number of benzene rings is 1. The molecule has 2 atom stereocenters. The molecule has 1 saturated carbocycles. The fourth-order valence-corrected chi connectivity index (χ4v) is 2.60. The van der Waals surface area contributed by atoms with Gasteiger partial charge in [-0.1, -0.05) is 0 Å². The normalized spacial score (nSPS) is 31.1. The second kappa shape index (κ2) is 3.19. The van der Waals surface area contributed by atoms with Crippen molar-refractivity contribution in [2.45, 2.75) is 6.04 Å². The minimum Gasteiger partial charge on any atom is -0.368 e. The lowest BCUT2D eigenvalue weighted by molar-refractivity contribution is 0.615. The van der Waals surface area contributed by atoms with Gasteiger partial charge in [-0.2, -0.15) is 5.26 Å². The van der Waals surface area contributed by atoms with Crippen LogP contribution in [0.15, 0.2) is 18.2 Å². The summed E-state index contributed by atoms with van der Waals surface area (Å²) in [6.07, 6.45) is 0. The summed E-state index contributed by atoms with van der Waals surface area (Å²) in [5.41, 5.74) is 6.79. The maximum absolute atomic E-state index is 13.7. The Hall–Kier alpha value is -1.60. The predicted molar refractivity (Wildman–Crippen MR) is 58.3 cm³/mol. The van der Waals surface area contributed by atoms with Crippen molar-refractivity contribution in [1.82, 2.24) is 0 Å². The zero-order chi connectivity index (χ0) is 11.3. The van der Waals surface area contributed by atoms with Crippen LogP contribution in [0.3, 0.4) is 0 Å². The Labute approximate surface area is 93.3 Å². The molecule has 16 heavy (non-hydrogen) atoms. The van der Waals surface area contributed by atoms with Gasteiger partial charge in [0.25, 0.3) is 0 Å². The third-order valence-corrected chi connectivity index (χ3v) is 3.68. The Balaban J connectivity index is 1.83. The van der Waals surface area contributed by atoms with Gasteiger partial charge in [-0.25, -0.2) is 4.39 Å². The van der Waals surface area contributed by atoms with Crippen LogP contribution in [0.1, 0.15) is 5.56 Å². The first-order chi connectivity index (χ1) is 7.70. The third-order valence-electron chi connectivity index (χ3n) is 3.68. The Morgan fingerprint density at radius 3 is 2.62 bits per heavy atom. The number of rotatable bonds is 1. The van der Waals surface area contributed by atoms with E-state index in [0.717, 1.165) is 13.1 Å². The highest BCUT2D eigenvalue weighted by Crippen LogP contribution is 2.45. The van der Waals surface area contributed by atoms with Crippen molar-refractivity contribution in [3.05, 3.63) is 29.6 Å². The lowest BCUT2D eigenvalue weighted by Gasteiger charge is -2.21. The van der Waals surface area contributed by atoms with Gasteiger partial charge in [0.2, 0.25) is 0 Å². The Kier molecular flexibility index (Phi) is 1.92. The van der Waals surface area contributed by atoms with E-state index in [2.05, 4.69) is 0 Å². The van der Waals surface area contributed by atoms with Gasteiger partial charge in [-0.3, -0.25) is 0 Å². The maximum atomic E-state index is 13.7. The van der Waals surface area contributed by atoms with Crippen molar-refractivity contribution in [2.24, 2.45) is 17.6 Å². The van der Waals surface area contributed by atoms with Crippen LogP contribution in [0.5, 0.6) is 0 Å². The molecule has 3 nitrogen and oxygen atoms in total. The summed E-state index contributed by atoms with van der Waals surface area (Å²) in [6, 6.07) is 6.88. The number of nitrogens with zero attached hydrogens (tertiary/aromatic N) is 2. The van der Waals surface area contributed by atoms with Crippen LogP contribution in [0.25, 0.3) is 0 Å². The van der Waals surface area contributed by atoms with Gasteiger partial charge in [0.05, 0.1) is 17.3 Å². The number of piperidine rings is 1. The molecule has 1 aliphatic heterocycles. The average Bonchev–Trinajstić information content (AvgIpc) is 2.75. The molecule has 4 heteroatoms. The van der Waals surface area contributed by atoms with Crippen molar-refractivity contribution in [3.8, 4) is 6.07 Å². The van der Waals surface area contributed by atoms with Crippen LogP contribution < -0.4 is 10.6 Å². The molecule has 2 aliphatic rings. The van der Waals surface area contributed by atoms with Crippen molar-refractivity contribution < 1.29 is 4.39 Å². The number of hydrogen-bond donors (Lipinski definition) is 1. The van der Waals surface area contributed by atoms with Crippen LogP contribution in [0.4, 0.5) is 10.1 Å². The molecule has 1 heterocycles. The molecule has 0 aromatic heterocycles. The topological polar surface area (TPSA) is 53.0 Å². The molecular weight excluding hydrogens is 205 g/mol. The molecule has 0 bridgehead atoms. The fourth-order valence-electron chi connectivity index (χ4n) is 2.60. The summed E-state index contributed by atoms with van der Waals surface area (Å²) in [4.78, 5) is 2.02. The summed E-state index contributed by atoms with van der Waals surface area (Å²) in [6.45, 7) is 1.68. The zero-order valence-corrected chi connectivity index (χ0v) is 8.73. The molecule has 2 N–H and O–H groups in total. The van der Waals surface area contributed by atoms with Gasteiger partial charge >= 0.3 is 0 Å². The van der Waals surface area contributed by atoms with E-state index >= 15 is 0 Å². The van der Waals surface area contributed by atoms with Crippen molar-refractivity contribution in [2.75, 3.05) is 18.0 Å². The van der Waals surface area contributed by atoms with Crippen LogP contribution in [-0.4, -0.2) is 19.1 Å². The molecule has 0 amide bonds. The lowest BCUT2D eigenvalue weighted by atomic mass is 10.2. The number of nitrogens with two attached hydrogens (primary N) is 1. The number of halogens is 1. The molecule has 3 rings (SSSR count). The highest BCUT2D eigenvalue weighted by atomic mass is 19.1. The first-order valence-corrected chi connectivity index (χ1v) is 5.41. The fraction of sp³-hybridized carbons (Fsp3) is 0.417. The largest absolute Gasteiger partial charge is 0.368 e. The predicted octanol–water partition coefficient (Wildman–Crippen LogP) is 1.09. The van der Waals surface area contributed by atoms with E-state index in [1.165, 1.54) is 6.07 Å². The van der Waals surface area contributed by atoms with Crippen molar-refractivity contribution in [3.63, 3.8) is 0 Å². The minimum absolute atomic E-state index is 0.311. The second-order valence-corrected chi connectivity index (χ2v) is 4.59. The van der Waals surface area contributed by atoms with Crippen LogP contribution in [-0.2, 0) is 0 Å². The first kappa shape index (κ1) is 9.61. The van der Waals surface area contributed by atoms with Gasteiger partial charge in [0.1, 0.15) is 5.82 Å². The Morgan fingerprint density at radius 1 is 1.38 bits per heavy atom. The number of fused-ring (bicyclic) bond motifs is 1. The van der Waals surface area contributed by atoms with E-state index in [4.69, 9.17) is 11.0 Å². The van der Waals surface area contributed by atoms with E-state index in [0.29, 0.717) is 29.1 Å². The summed E-state index contributed by atoms with van der Waals surface area (Å²) < 4.78 is 13.7. The van der Waals surface area contributed by atoms with Gasteiger partial charge in [0, 0.05) is 19.1 Å². The molecule has 2 fully saturated rings. The van der Waals surface area contributed by atoms with E-state index in [-0.39, 0.29) is 5.82 Å². The second-order valence-electron chi connectivity index (χ2n) is 4.59. The van der Waals surface area contributed by atoms with E-state index < -0.39 is 0 Å². The molecule has 2 unspecified atom stereocenters. The van der Waals surface area contributed by atoms with Crippen molar-refractivity contribution >= 4 is 5.69 Å². The lowest BCUT2D eigenvalue weighted by Crippen LogP contribution is -2.28. The van der Waals surface area contributed by atoms with Gasteiger partial charge < -0.3 is 10.6 Å². The third kappa shape index (κ3) is 1.29. The highest BCUT2D eigenvalue weighted by Gasteiger charge is 2.53. The van der Waals surface area contributed by atoms with E-state index in [1.54, 1.807) is 12.1 Å². The van der Waals surface area contributed by atoms with Crippen LogP contribution >= 0.6 is 0 Å². The zero-order valence-electron chi connectivity index (χ0n) is 8.73. The molecule has 1 aliphatic carbocycles. The van der Waals surface area contributed by atoms with E-state index in [1.807, 2.05) is 11.0 Å². The molecule has 1 saturated heterocycles. The van der Waals surface area contributed by atoms with Gasteiger partial charge in [0.15, 0.2) is 0 Å². The molecule has 1 aromatic carbocycles. The standard InChI is InChI=1S/C12H12FN3/c13-10-3-7(4-14)1-2-11(10)16-5-8-9(6-16)12(8)15/h1-3,8-9,12H,5-6,15H2. The van der Waals surface area contributed by atoms with Crippen LogP contribution in [0.2, 0.25) is 0 Å². The van der Waals surface area contributed by atoms with E-state index in [9.17, 15) is 4.39 Å². The molecule has 0 spiro atoms. The summed E-state index contributed by atoms with van der Waals surface area (Å²) in [7, 11) is 0. The Bertz CT molecular complexity index is 468. The molecular formula is C12H12FN3. The summed E-state index contributed by atoms with van der Waals surface area (Å²) >= 11 is 0. The monoisotopic (exact) mass is 217 g/mol. The summed E-state index contributed by atoms with van der Waals surface area (Å²) in [5, 5.41) is 8.66. The maximum Gasteiger partial charge on any atom is 0.147 e. The average molecular weight is 217 g/mol. The summed E-state index contributed by atoms with van der Waals surface area (Å²) in [5.74, 6) is 0.763. The molecule has 1 aromatic rings. The number of nitriles is 1. The minimum atomic E-state index is -0.311. The Morgan fingerprint density at radius 2 is 2.06 bits per heavy atom. The van der Waals surface area contributed by atoms with Crippen molar-refractivity contribution in [1.29, 1.82) is 5.26 Å². The van der Waals surface area contributed by atoms with Gasteiger partial charge in [-0.05, 0) is 30.0 Å².